The van der Waals surface area contributed by atoms with Gasteiger partial charge < -0.3 is 0 Å². The van der Waals surface area contributed by atoms with Gasteiger partial charge in [-0.15, -0.1) is 0 Å². The monoisotopic (exact) mass is 456 g/mol. The molecule has 6 nitrogen and oxygen atoms in total. The van der Waals surface area contributed by atoms with Gasteiger partial charge in [0.25, 0.3) is 0 Å². The summed E-state index contributed by atoms with van der Waals surface area (Å²) in [6.45, 7) is 15.3. The molecular formula is C27H36O6. The van der Waals surface area contributed by atoms with Gasteiger partial charge in [-0.1, -0.05) is 62.3 Å². The van der Waals surface area contributed by atoms with Crippen molar-refractivity contribution in [2.75, 3.05) is 0 Å². The summed E-state index contributed by atoms with van der Waals surface area (Å²) < 4.78 is 0. The quantitative estimate of drug-likeness (QED) is 0.371. The molecule has 6 heteroatoms. The van der Waals surface area contributed by atoms with Crippen molar-refractivity contribution in [3.8, 4) is 0 Å². The zero-order chi connectivity index (χ0) is 25.9. The Hall–Kier alpha value is -2.76. The molecule has 0 aliphatic carbocycles. The van der Waals surface area contributed by atoms with Crippen molar-refractivity contribution in [1.82, 2.24) is 0 Å². The van der Waals surface area contributed by atoms with Crippen molar-refractivity contribution in [3.63, 3.8) is 0 Å². The summed E-state index contributed by atoms with van der Waals surface area (Å²) >= 11 is 0. The van der Waals surface area contributed by atoms with Crippen LogP contribution in [0.25, 0.3) is 0 Å². The highest BCUT2D eigenvalue weighted by molar-refractivity contribution is 6.16. The van der Waals surface area contributed by atoms with E-state index in [9.17, 15) is 28.8 Å². The highest BCUT2D eigenvalue weighted by Crippen LogP contribution is 2.24. The van der Waals surface area contributed by atoms with Crippen LogP contribution < -0.4 is 0 Å². The Balaban J connectivity index is 3.41. The summed E-state index contributed by atoms with van der Waals surface area (Å²) in [5, 5.41) is 0. The zero-order valence-electron chi connectivity index (χ0n) is 21.3. The van der Waals surface area contributed by atoms with Gasteiger partial charge in [0.15, 0.2) is 17.3 Å². The average molecular weight is 457 g/mol. The topological polar surface area (TPSA) is 102 Å². The summed E-state index contributed by atoms with van der Waals surface area (Å²) in [4.78, 5) is 75.6. The van der Waals surface area contributed by atoms with Crippen LogP contribution in [0.1, 0.15) is 113 Å². The van der Waals surface area contributed by atoms with E-state index >= 15 is 0 Å². The Morgan fingerprint density at radius 2 is 0.636 bits per heavy atom. The lowest BCUT2D eigenvalue weighted by Gasteiger charge is -2.18. The Kier molecular flexibility index (Phi) is 8.59. The molecule has 0 bridgehead atoms. The van der Waals surface area contributed by atoms with Crippen LogP contribution in [0.3, 0.4) is 0 Å². The van der Waals surface area contributed by atoms with Gasteiger partial charge in [-0.2, -0.15) is 0 Å². The molecule has 0 N–H and O–H groups in total. The lowest BCUT2D eigenvalue weighted by Crippen LogP contribution is -2.25. The molecule has 0 aliphatic heterocycles. The normalized spacial score (nSPS) is 12.3. The van der Waals surface area contributed by atoms with Crippen molar-refractivity contribution < 1.29 is 28.8 Å². The van der Waals surface area contributed by atoms with Gasteiger partial charge in [-0.3, -0.25) is 28.8 Å². The second-order valence-electron chi connectivity index (χ2n) is 11.6. The van der Waals surface area contributed by atoms with Crippen LogP contribution in [0, 0.1) is 16.2 Å². The molecule has 0 radical (unpaired) electrons. The number of hydrogen-bond donors (Lipinski definition) is 0. The lowest BCUT2D eigenvalue weighted by atomic mass is 9.84. The minimum Gasteiger partial charge on any atom is -0.299 e. The molecule has 0 fully saturated rings. The van der Waals surface area contributed by atoms with Gasteiger partial charge in [0.05, 0.1) is 19.3 Å². The van der Waals surface area contributed by atoms with E-state index in [0.29, 0.717) is 0 Å². The van der Waals surface area contributed by atoms with E-state index in [0.717, 1.165) is 0 Å². The fourth-order valence-electron chi connectivity index (χ4n) is 2.65. The predicted molar refractivity (Wildman–Crippen MR) is 127 cm³/mol. The first-order chi connectivity index (χ1) is 14.7. The first-order valence-electron chi connectivity index (χ1n) is 11.1. The molecule has 33 heavy (non-hydrogen) atoms. The van der Waals surface area contributed by atoms with E-state index in [1.807, 2.05) is 0 Å². The first kappa shape index (κ1) is 28.3. The molecule has 0 unspecified atom stereocenters. The van der Waals surface area contributed by atoms with Crippen molar-refractivity contribution >= 4 is 34.7 Å². The van der Waals surface area contributed by atoms with E-state index in [1.54, 1.807) is 62.3 Å². The van der Waals surface area contributed by atoms with Crippen LogP contribution in [0.15, 0.2) is 18.2 Å². The summed E-state index contributed by atoms with van der Waals surface area (Å²) in [6.07, 6.45) is -1.14. The highest BCUT2D eigenvalue weighted by Gasteiger charge is 2.29. The van der Waals surface area contributed by atoms with Crippen LogP contribution in [-0.2, 0) is 14.4 Å². The van der Waals surface area contributed by atoms with Crippen molar-refractivity contribution in [2.45, 2.75) is 81.6 Å². The molecule has 1 aromatic rings. The molecule has 1 rings (SSSR count). The summed E-state index contributed by atoms with van der Waals surface area (Å²) in [5.41, 5.74) is -2.06. The third-order valence-corrected chi connectivity index (χ3v) is 5.37. The van der Waals surface area contributed by atoms with E-state index < -0.39 is 33.6 Å². The maximum Gasteiger partial charge on any atom is 0.170 e. The smallest absolute Gasteiger partial charge is 0.170 e. The van der Waals surface area contributed by atoms with E-state index in [-0.39, 0.29) is 53.3 Å². The van der Waals surface area contributed by atoms with Gasteiger partial charge in [-0.05, 0) is 18.2 Å². The maximum absolute atomic E-state index is 12.8. The van der Waals surface area contributed by atoms with Crippen molar-refractivity contribution in [1.29, 1.82) is 0 Å². The van der Waals surface area contributed by atoms with Crippen LogP contribution in [-0.4, -0.2) is 34.7 Å². The number of benzene rings is 1. The standard InChI is InChI=1S/C27H36O6/c1-25(2,3)22(31)13-19(28)16-10-17(20(29)14-23(32)26(4,5)6)12-18(11-16)21(30)15-24(33)27(7,8)9/h10-12H,13-15H2,1-9H3. The third-order valence-electron chi connectivity index (χ3n) is 5.37. The van der Waals surface area contributed by atoms with Crippen LogP contribution in [0.5, 0.6) is 0 Å². The Morgan fingerprint density at radius 1 is 0.455 bits per heavy atom. The Bertz CT molecular complexity index is 850. The number of carbonyl (C=O) groups is 6. The van der Waals surface area contributed by atoms with E-state index in [4.69, 9.17) is 0 Å². The van der Waals surface area contributed by atoms with Gasteiger partial charge in [0, 0.05) is 32.9 Å². The molecule has 1 aromatic carbocycles. The summed E-state index contributed by atoms with van der Waals surface area (Å²) in [7, 11) is 0. The minimum atomic E-state index is -0.722. The molecule has 0 amide bonds. The molecule has 0 atom stereocenters. The molecule has 0 aromatic heterocycles. The molecule has 180 valence electrons. The van der Waals surface area contributed by atoms with Crippen LogP contribution >= 0.6 is 0 Å². The van der Waals surface area contributed by atoms with Crippen LogP contribution in [0.2, 0.25) is 0 Å². The number of carbonyl (C=O) groups excluding carboxylic acids is 6. The Labute approximate surface area is 196 Å². The lowest BCUT2D eigenvalue weighted by molar-refractivity contribution is -0.126. The van der Waals surface area contributed by atoms with E-state index in [1.165, 1.54) is 18.2 Å². The predicted octanol–water partition coefficient (Wildman–Crippen LogP) is 5.25. The molecular weight excluding hydrogens is 420 g/mol. The molecule has 0 spiro atoms. The molecule has 0 aliphatic rings. The molecule has 0 heterocycles. The van der Waals surface area contributed by atoms with Gasteiger partial charge >= 0.3 is 0 Å². The minimum absolute atomic E-state index is 0.0354. The molecule has 0 saturated carbocycles. The van der Waals surface area contributed by atoms with E-state index in [2.05, 4.69) is 0 Å². The van der Waals surface area contributed by atoms with Crippen molar-refractivity contribution in [3.05, 3.63) is 34.9 Å². The van der Waals surface area contributed by atoms with Gasteiger partial charge in [0.1, 0.15) is 17.3 Å². The SMILES string of the molecule is CC(C)(C)C(=O)CC(=O)c1cc(C(=O)CC(=O)C(C)(C)C)cc(C(=O)CC(=O)C(C)(C)C)c1. The first-order valence-corrected chi connectivity index (χ1v) is 11.1. The zero-order valence-corrected chi connectivity index (χ0v) is 21.3. The highest BCUT2D eigenvalue weighted by atomic mass is 16.2. The largest absolute Gasteiger partial charge is 0.299 e. The van der Waals surface area contributed by atoms with Gasteiger partial charge in [-0.25, -0.2) is 0 Å². The van der Waals surface area contributed by atoms with Crippen molar-refractivity contribution in [2.24, 2.45) is 16.2 Å². The summed E-state index contributed by atoms with van der Waals surface area (Å²) in [6, 6.07) is 3.96. The number of ketones is 6. The van der Waals surface area contributed by atoms with Crippen LogP contribution in [0.4, 0.5) is 0 Å². The number of Topliss-reactive ketones (excluding diaryl/α,β-unsaturated/α-hetero) is 6. The third kappa shape index (κ3) is 8.26. The van der Waals surface area contributed by atoms with Gasteiger partial charge in [0.2, 0.25) is 0 Å². The number of hydrogen-bond acceptors (Lipinski definition) is 6. The second-order valence-corrected chi connectivity index (χ2v) is 11.6. The fourth-order valence-corrected chi connectivity index (χ4v) is 2.65. The molecule has 0 saturated heterocycles. The Morgan fingerprint density at radius 3 is 0.788 bits per heavy atom. The fraction of sp³-hybridized carbons (Fsp3) is 0.556. The summed E-state index contributed by atoms with van der Waals surface area (Å²) in [5.74, 6) is -2.40. The second kappa shape index (κ2) is 10.0. The maximum atomic E-state index is 12.8. The number of rotatable bonds is 9. The average Bonchev–Trinajstić information content (AvgIpc) is 2.64.